The summed E-state index contributed by atoms with van der Waals surface area (Å²) in [6, 6.07) is 11.8. The third-order valence-electron chi connectivity index (χ3n) is 6.06. The Hall–Kier alpha value is -3.41. The fourth-order valence-electron chi connectivity index (χ4n) is 4.65. The quantitative estimate of drug-likeness (QED) is 0.250. The first-order chi connectivity index (χ1) is 15.4. The van der Waals surface area contributed by atoms with Gasteiger partial charge in [0.15, 0.2) is 0 Å². The van der Waals surface area contributed by atoms with Gasteiger partial charge in [0.25, 0.3) is 11.7 Å². The number of aryl methyl sites for hydroxylation is 2. The van der Waals surface area contributed by atoms with Crippen LogP contribution in [-0.2, 0) is 27.2 Å². The first-order valence-corrected chi connectivity index (χ1v) is 11.1. The molecule has 6 heteroatoms. The largest absolute Gasteiger partial charge is 0.507 e. The van der Waals surface area contributed by atoms with Crippen LogP contribution >= 0.6 is 0 Å². The molecule has 6 nitrogen and oxygen atoms in total. The Balaban J connectivity index is 1.84. The molecule has 1 fully saturated rings. The number of likely N-dealkylation sites (tertiary alicyclic amines) is 1. The Labute approximate surface area is 187 Å². The summed E-state index contributed by atoms with van der Waals surface area (Å²) in [6.07, 6.45) is 4.86. The summed E-state index contributed by atoms with van der Waals surface area (Å²) in [6.45, 7) is 3.61. The van der Waals surface area contributed by atoms with Gasteiger partial charge in [-0.3, -0.25) is 14.4 Å². The number of hydrogen-bond donors (Lipinski definition) is 1. The van der Waals surface area contributed by atoms with E-state index < -0.39 is 23.7 Å². The molecule has 1 unspecified atom stereocenters. The van der Waals surface area contributed by atoms with E-state index in [1.807, 2.05) is 25.1 Å². The molecule has 0 saturated carbocycles. The lowest BCUT2D eigenvalue weighted by molar-refractivity contribution is -0.139. The number of rotatable bonds is 5. The van der Waals surface area contributed by atoms with Crippen LogP contribution in [0, 0.1) is 0 Å². The summed E-state index contributed by atoms with van der Waals surface area (Å²) in [5.41, 5.74) is 3.66. The fraction of sp³-hybridized carbons (Fsp3) is 0.346. The molecule has 1 atom stereocenters. The van der Waals surface area contributed by atoms with Crippen molar-refractivity contribution in [1.82, 2.24) is 4.90 Å². The minimum absolute atomic E-state index is 0.0687. The highest BCUT2D eigenvalue weighted by Gasteiger charge is 2.45. The molecule has 1 aliphatic heterocycles. The molecule has 166 valence electrons. The molecule has 1 aliphatic carbocycles. The molecule has 1 amide bonds. The maximum atomic E-state index is 13.0. The van der Waals surface area contributed by atoms with Crippen molar-refractivity contribution in [3.8, 4) is 5.75 Å². The molecule has 2 aromatic rings. The number of aliphatic hydroxyl groups excluding tert-OH is 1. The summed E-state index contributed by atoms with van der Waals surface area (Å²) in [5.74, 6) is -1.63. The average molecular weight is 434 g/mol. The number of carbonyl (C=O) groups is 3. The molecule has 1 heterocycles. The zero-order valence-electron chi connectivity index (χ0n) is 18.4. The maximum Gasteiger partial charge on any atom is 0.308 e. The lowest BCUT2D eigenvalue weighted by atomic mass is 9.88. The van der Waals surface area contributed by atoms with Crippen molar-refractivity contribution in [2.24, 2.45) is 0 Å². The molecule has 1 N–H and O–H groups in total. The average Bonchev–Trinajstić information content (AvgIpc) is 3.03. The Kier molecular flexibility index (Phi) is 6.12. The van der Waals surface area contributed by atoms with Gasteiger partial charge in [-0.05, 0) is 67.0 Å². The molecular formula is C26H27NO5. The van der Waals surface area contributed by atoms with Gasteiger partial charge in [0.1, 0.15) is 11.5 Å². The molecule has 0 bridgehead atoms. The van der Waals surface area contributed by atoms with E-state index in [9.17, 15) is 19.5 Å². The number of Topliss-reactive ketones (excluding diaryl/α,β-unsaturated/α-hetero) is 1. The van der Waals surface area contributed by atoms with Crippen LogP contribution in [0.3, 0.4) is 0 Å². The van der Waals surface area contributed by atoms with Gasteiger partial charge in [-0.2, -0.15) is 0 Å². The summed E-state index contributed by atoms with van der Waals surface area (Å²) < 4.78 is 5.20. The highest BCUT2D eigenvalue weighted by Crippen LogP contribution is 2.40. The summed E-state index contributed by atoms with van der Waals surface area (Å²) >= 11 is 0. The highest BCUT2D eigenvalue weighted by atomic mass is 16.5. The van der Waals surface area contributed by atoms with Gasteiger partial charge in [-0.25, -0.2) is 0 Å². The SMILES string of the molecule is CCCN1C(=O)C(=O)/C(=C(\O)c2ccc3c(c2)CCCC3)C1c1cccc(OC(C)=O)c1. The van der Waals surface area contributed by atoms with Crippen molar-refractivity contribution in [3.63, 3.8) is 0 Å². The third-order valence-corrected chi connectivity index (χ3v) is 6.06. The first-order valence-electron chi connectivity index (χ1n) is 11.1. The number of hydrogen-bond acceptors (Lipinski definition) is 5. The number of ether oxygens (including phenoxy) is 1. The van der Waals surface area contributed by atoms with Crippen LogP contribution < -0.4 is 4.74 Å². The van der Waals surface area contributed by atoms with Crippen LogP contribution in [0.1, 0.15) is 61.4 Å². The minimum Gasteiger partial charge on any atom is -0.507 e. The van der Waals surface area contributed by atoms with Crippen molar-refractivity contribution < 1.29 is 24.2 Å². The maximum absolute atomic E-state index is 13.0. The Morgan fingerprint density at radius 1 is 1.09 bits per heavy atom. The number of aliphatic hydroxyl groups is 1. The van der Waals surface area contributed by atoms with Crippen molar-refractivity contribution >= 4 is 23.4 Å². The number of fused-ring (bicyclic) bond motifs is 1. The topological polar surface area (TPSA) is 83.9 Å². The van der Waals surface area contributed by atoms with Crippen molar-refractivity contribution in [2.45, 2.75) is 52.0 Å². The molecule has 2 aromatic carbocycles. The van der Waals surface area contributed by atoms with Crippen LogP contribution in [0.5, 0.6) is 5.75 Å². The van der Waals surface area contributed by atoms with Gasteiger partial charge in [0.05, 0.1) is 11.6 Å². The van der Waals surface area contributed by atoms with Crippen LogP contribution in [0.4, 0.5) is 0 Å². The van der Waals surface area contributed by atoms with E-state index in [-0.39, 0.29) is 11.3 Å². The molecule has 0 aromatic heterocycles. The van der Waals surface area contributed by atoms with Crippen LogP contribution in [0.25, 0.3) is 5.76 Å². The smallest absolute Gasteiger partial charge is 0.308 e. The molecule has 0 spiro atoms. The summed E-state index contributed by atoms with van der Waals surface area (Å²) in [4.78, 5) is 38.8. The predicted molar refractivity (Wildman–Crippen MR) is 120 cm³/mol. The van der Waals surface area contributed by atoms with Gasteiger partial charge in [0.2, 0.25) is 0 Å². The fourth-order valence-corrected chi connectivity index (χ4v) is 4.65. The summed E-state index contributed by atoms with van der Waals surface area (Å²) in [7, 11) is 0. The van der Waals surface area contributed by atoms with Crippen LogP contribution in [-0.4, -0.2) is 34.2 Å². The number of esters is 1. The second kappa shape index (κ2) is 8.99. The molecule has 0 radical (unpaired) electrons. The number of amides is 1. The monoisotopic (exact) mass is 433 g/mol. The third kappa shape index (κ3) is 4.05. The lowest BCUT2D eigenvalue weighted by Crippen LogP contribution is -2.30. The number of carbonyl (C=O) groups excluding carboxylic acids is 3. The van der Waals surface area contributed by atoms with Crippen molar-refractivity contribution in [2.75, 3.05) is 6.54 Å². The molecule has 32 heavy (non-hydrogen) atoms. The minimum atomic E-state index is -0.749. The normalized spacial score (nSPS) is 19.7. The van der Waals surface area contributed by atoms with Gasteiger partial charge in [-0.1, -0.05) is 31.2 Å². The van der Waals surface area contributed by atoms with Crippen molar-refractivity contribution in [3.05, 3.63) is 70.3 Å². The van der Waals surface area contributed by atoms with Crippen LogP contribution in [0.15, 0.2) is 48.0 Å². The van der Waals surface area contributed by atoms with E-state index in [1.165, 1.54) is 23.0 Å². The summed E-state index contributed by atoms with van der Waals surface area (Å²) in [5, 5.41) is 11.2. The number of nitrogens with zero attached hydrogens (tertiary/aromatic N) is 1. The second-order valence-electron chi connectivity index (χ2n) is 8.35. The lowest BCUT2D eigenvalue weighted by Gasteiger charge is -2.25. The first kappa shape index (κ1) is 21.8. The predicted octanol–water partition coefficient (Wildman–Crippen LogP) is 4.32. The zero-order chi connectivity index (χ0) is 22.8. The van der Waals surface area contributed by atoms with Crippen LogP contribution in [0.2, 0.25) is 0 Å². The zero-order valence-corrected chi connectivity index (χ0v) is 18.4. The van der Waals surface area contributed by atoms with Gasteiger partial charge < -0.3 is 14.7 Å². The van der Waals surface area contributed by atoms with E-state index in [1.54, 1.807) is 24.3 Å². The van der Waals surface area contributed by atoms with Crippen molar-refractivity contribution in [1.29, 1.82) is 0 Å². The van der Waals surface area contributed by atoms with Gasteiger partial charge in [0, 0.05) is 19.0 Å². The van der Waals surface area contributed by atoms with E-state index >= 15 is 0 Å². The van der Waals surface area contributed by atoms with Gasteiger partial charge in [-0.15, -0.1) is 0 Å². The molecule has 2 aliphatic rings. The molecule has 4 rings (SSSR count). The number of benzene rings is 2. The van der Waals surface area contributed by atoms with E-state index in [2.05, 4.69) is 0 Å². The van der Waals surface area contributed by atoms with E-state index in [4.69, 9.17) is 4.74 Å². The van der Waals surface area contributed by atoms with E-state index in [0.717, 1.165) is 25.7 Å². The molecule has 1 saturated heterocycles. The van der Waals surface area contributed by atoms with Gasteiger partial charge >= 0.3 is 5.97 Å². The van der Waals surface area contributed by atoms with E-state index in [0.29, 0.717) is 29.8 Å². The Morgan fingerprint density at radius 2 is 1.84 bits per heavy atom. The standard InChI is InChI=1S/C26H27NO5/c1-3-13-27-23(19-9-6-10-21(15-19)32-16(2)28)22(25(30)26(27)31)24(29)20-12-11-17-7-4-5-8-18(17)14-20/h6,9-12,14-15,23,29H,3-5,7-8,13H2,1-2H3/b24-22-. The Bertz CT molecular complexity index is 1120. The highest BCUT2D eigenvalue weighted by molar-refractivity contribution is 6.46. The second-order valence-corrected chi connectivity index (χ2v) is 8.35. The Morgan fingerprint density at radius 3 is 2.56 bits per heavy atom. The number of ketones is 1. The molecular weight excluding hydrogens is 406 g/mol.